The van der Waals surface area contributed by atoms with E-state index in [2.05, 4.69) is 15.4 Å². The van der Waals surface area contributed by atoms with Crippen LogP contribution in [0, 0.1) is 5.92 Å². The molecule has 0 saturated carbocycles. The van der Waals surface area contributed by atoms with Gasteiger partial charge in [0.15, 0.2) is 5.69 Å². The van der Waals surface area contributed by atoms with E-state index >= 15 is 0 Å². The van der Waals surface area contributed by atoms with E-state index in [1.807, 2.05) is 6.92 Å². The fraction of sp³-hybridized carbons (Fsp3) is 0.429. The van der Waals surface area contributed by atoms with Gasteiger partial charge in [0.1, 0.15) is 16.2 Å². The van der Waals surface area contributed by atoms with Crippen LogP contribution in [0.25, 0.3) is 11.0 Å². The second kappa shape index (κ2) is 8.77. The van der Waals surface area contributed by atoms with Gasteiger partial charge in [-0.15, -0.1) is 0 Å². The molecule has 34 heavy (non-hydrogen) atoms. The van der Waals surface area contributed by atoms with Gasteiger partial charge in [-0.05, 0) is 24.5 Å². The highest BCUT2D eigenvalue weighted by atomic mass is 35.5. The number of imidazole rings is 1. The number of benzene rings is 1. The third-order valence-corrected chi connectivity index (χ3v) is 6.73. The standard InChI is InChI=1S/C21H21Cl2F3N6O2/c1-10-8-32(20(34)11-6-12(22)16-14(7-11)30(2)9-27-16)5-4-13(10)28-19(33)15-17(21(24,25)26)29-31(3)18(15)23/h6-7,9-10,13H,4-5,8H2,1-3H3,(H,28,33)/t10-,13+/m0/s1. The highest BCUT2D eigenvalue weighted by Gasteiger charge is 2.42. The monoisotopic (exact) mass is 516 g/mol. The van der Waals surface area contributed by atoms with Gasteiger partial charge in [0.05, 0.1) is 16.9 Å². The predicted octanol–water partition coefficient (Wildman–Crippen LogP) is 3.91. The predicted molar refractivity (Wildman–Crippen MR) is 120 cm³/mol. The van der Waals surface area contributed by atoms with Gasteiger partial charge < -0.3 is 14.8 Å². The van der Waals surface area contributed by atoms with Crippen LogP contribution >= 0.6 is 23.2 Å². The van der Waals surface area contributed by atoms with E-state index in [4.69, 9.17) is 23.2 Å². The van der Waals surface area contributed by atoms with Crippen molar-refractivity contribution in [3.05, 3.63) is 45.5 Å². The lowest BCUT2D eigenvalue weighted by atomic mass is 9.93. The Labute approximate surface area is 202 Å². The number of alkyl halides is 3. The molecule has 0 aliphatic carbocycles. The first kappa shape index (κ1) is 24.3. The van der Waals surface area contributed by atoms with E-state index < -0.39 is 34.5 Å². The van der Waals surface area contributed by atoms with Crippen molar-refractivity contribution in [3.63, 3.8) is 0 Å². The summed E-state index contributed by atoms with van der Waals surface area (Å²) in [4.78, 5) is 31.7. The summed E-state index contributed by atoms with van der Waals surface area (Å²) in [6, 6.07) is 2.84. The number of fused-ring (bicyclic) bond motifs is 1. The first-order valence-electron chi connectivity index (χ1n) is 10.4. The number of carbonyl (C=O) groups is 2. The number of aryl methyl sites for hydroxylation is 2. The zero-order valence-corrected chi connectivity index (χ0v) is 20.0. The summed E-state index contributed by atoms with van der Waals surface area (Å²) in [6.07, 6.45) is -2.85. The SMILES string of the molecule is C[C@H]1CN(C(=O)c2cc(Cl)c3ncn(C)c3c2)CC[C@H]1NC(=O)c1c(C(F)(F)F)nn(C)c1Cl. The molecule has 0 spiro atoms. The number of nitrogens with one attached hydrogen (secondary N) is 1. The molecule has 1 aromatic carbocycles. The number of amides is 2. The number of hydrogen-bond acceptors (Lipinski definition) is 4. The van der Waals surface area contributed by atoms with Crippen molar-refractivity contribution in [2.45, 2.75) is 25.6 Å². The van der Waals surface area contributed by atoms with Gasteiger partial charge in [0, 0.05) is 38.8 Å². The van der Waals surface area contributed by atoms with Crippen molar-refractivity contribution >= 4 is 46.0 Å². The highest BCUT2D eigenvalue weighted by molar-refractivity contribution is 6.35. The van der Waals surface area contributed by atoms with Gasteiger partial charge in [-0.2, -0.15) is 18.3 Å². The number of likely N-dealkylation sites (tertiary alicyclic amines) is 1. The number of halogens is 5. The van der Waals surface area contributed by atoms with E-state index in [9.17, 15) is 22.8 Å². The molecule has 2 aromatic heterocycles. The maximum absolute atomic E-state index is 13.3. The van der Waals surface area contributed by atoms with E-state index in [1.165, 1.54) is 7.05 Å². The third kappa shape index (κ3) is 4.34. The Morgan fingerprint density at radius 3 is 2.56 bits per heavy atom. The minimum atomic E-state index is -4.82. The summed E-state index contributed by atoms with van der Waals surface area (Å²) in [5.41, 5.74) is -0.308. The van der Waals surface area contributed by atoms with Crippen LogP contribution in [0.15, 0.2) is 18.5 Å². The van der Waals surface area contributed by atoms with Crippen LogP contribution in [0.1, 0.15) is 39.8 Å². The second-order valence-electron chi connectivity index (χ2n) is 8.41. The van der Waals surface area contributed by atoms with Gasteiger partial charge in [-0.25, -0.2) is 4.98 Å². The minimum absolute atomic E-state index is 0.220. The topological polar surface area (TPSA) is 85.1 Å². The summed E-state index contributed by atoms with van der Waals surface area (Å²) in [5, 5.41) is 5.95. The fourth-order valence-corrected chi connectivity index (χ4v) is 4.66. The Balaban J connectivity index is 1.48. The lowest BCUT2D eigenvalue weighted by Gasteiger charge is -2.37. The van der Waals surface area contributed by atoms with E-state index in [0.29, 0.717) is 35.6 Å². The molecule has 13 heteroatoms. The third-order valence-electron chi connectivity index (χ3n) is 6.01. The van der Waals surface area contributed by atoms with Crippen LogP contribution in [0.5, 0.6) is 0 Å². The van der Waals surface area contributed by atoms with Crippen LogP contribution in [0.4, 0.5) is 13.2 Å². The maximum Gasteiger partial charge on any atom is 0.436 e. The molecule has 0 unspecified atom stereocenters. The molecule has 1 aliphatic rings. The van der Waals surface area contributed by atoms with Crippen molar-refractivity contribution < 1.29 is 22.8 Å². The molecule has 4 rings (SSSR count). The van der Waals surface area contributed by atoms with Crippen LogP contribution < -0.4 is 5.32 Å². The quantitative estimate of drug-likeness (QED) is 0.571. The highest BCUT2D eigenvalue weighted by Crippen LogP contribution is 2.34. The summed E-state index contributed by atoms with van der Waals surface area (Å²) in [6.45, 7) is 2.43. The van der Waals surface area contributed by atoms with Crippen molar-refractivity contribution in [2.24, 2.45) is 20.0 Å². The Morgan fingerprint density at radius 1 is 1.21 bits per heavy atom. The number of aromatic nitrogens is 4. The number of hydrogen-bond donors (Lipinski definition) is 1. The molecule has 0 bridgehead atoms. The molecule has 182 valence electrons. The maximum atomic E-state index is 13.3. The molecule has 1 aliphatic heterocycles. The van der Waals surface area contributed by atoms with Gasteiger partial charge in [0.2, 0.25) is 0 Å². The summed E-state index contributed by atoms with van der Waals surface area (Å²) < 4.78 is 42.5. The lowest BCUT2D eigenvalue weighted by Crippen LogP contribution is -2.51. The van der Waals surface area contributed by atoms with E-state index in [1.54, 1.807) is 35.0 Å². The zero-order valence-electron chi connectivity index (χ0n) is 18.5. The van der Waals surface area contributed by atoms with Gasteiger partial charge in [-0.1, -0.05) is 30.1 Å². The summed E-state index contributed by atoms with van der Waals surface area (Å²) in [7, 11) is 3.03. The Kier molecular flexibility index (Phi) is 6.28. The van der Waals surface area contributed by atoms with E-state index in [-0.39, 0.29) is 11.8 Å². The molecule has 1 N–H and O–H groups in total. The second-order valence-corrected chi connectivity index (χ2v) is 9.18. The molecule has 2 atom stereocenters. The number of nitrogens with zero attached hydrogens (tertiary/aromatic N) is 5. The molecule has 2 amide bonds. The fourth-order valence-electron chi connectivity index (χ4n) is 4.18. The minimum Gasteiger partial charge on any atom is -0.349 e. The van der Waals surface area contributed by atoms with Crippen molar-refractivity contribution in [1.29, 1.82) is 0 Å². The first-order chi connectivity index (χ1) is 15.9. The zero-order chi connectivity index (χ0) is 24.9. The van der Waals surface area contributed by atoms with Gasteiger partial charge in [0.25, 0.3) is 11.8 Å². The van der Waals surface area contributed by atoms with Crippen LogP contribution in [-0.2, 0) is 20.3 Å². The molecular weight excluding hydrogens is 496 g/mol. The lowest BCUT2D eigenvalue weighted by molar-refractivity contribution is -0.141. The number of carbonyl (C=O) groups excluding carboxylic acids is 2. The number of piperidine rings is 1. The number of rotatable bonds is 3. The van der Waals surface area contributed by atoms with Gasteiger partial charge >= 0.3 is 6.18 Å². The van der Waals surface area contributed by atoms with Crippen LogP contribution in [0.3, 0.4) is 0 Å². The van der Waals surface area contributed by atoms with Crippen LogP contribution in [0.2, 0.25) is 10.2 Å². The Bertz CT molecular complexity index is 1290. The molecule has 8 nitrogen and oxygen atoms in total. The average molecular weight is 517 g/mol. The Hall–Kier alpha value is -2.79. The molecule has 0 radical (unpaired) electrons. The van der Waals surface area contributed by atoms with E-state index in [0.717, 1.165) is 10.2 Å². The largest absolute Gasteiger partial charge is 0.436 e. The molecular formula is C21H21Cl2F3N6O2. The average Bonchev–Trinajstić information content (AvgIpc) is 3.29. The van der Waals surface area contributed by atoms with Crippen molar-refractivity contribution in [1.82, 2.24) is 29.5 Å². The molecule has 1 saturated heterocycles. The summed E-state index contributed by atoms with van der Waals surface area (Å²) in [5.74, 6) is -1.39. The van der Waals surface area contributed by atoms with Crippen LogP contribution in [-0.4, -0.2) is 55.2 Å². The molecule has 1 fully saturated rings. The first-order valence-corrected chi connectivity index (χ1v) is 11.1. The van der Waals surface area contributed by atoms with Gasteiger partial charge in [-0.3, -0.25) is 14.3 Å². The Morgan fingerprint density at radius 2 is 1.91 bits per heavy atom. The van der Waals surface area contributed by atoms with Crippen molar-refractivity contribution in [3.8, 4) is 0 Å². The van der Waals surface area contributed by atoms with Crippen molar-refractivity contribution in [2.75, 3.05) is 13.1 Å². The molecule has 3 aromatic rings. The summed E-state index contributed by atoms with van der Waals surface area (Å²) >= 11 is 12.2. The molecule has 3 heterocycles. The normalized spacial score (nSPS) is 19.0. The smallest absolute Gasteiger partial charge is 0.349 e.